The molecule has 1 aliphatic rings. The Balaban J connectivity index is 2.13. The summed E-state index contributed by atoms with van der Waals surface area (Å²) < 4.78 is 13.4. The normalized spacial score (nSPS) is 21.9. The van der Waals surface area contributed by atoms with Crippen LogP contribution < -0.4 is 0 Å². The van der Waals surface area contributed by atoms with Gasteiger partial charge in [0, 0.05) is 12.6 Å². The van der Waals surface area contributed by atoms with Gasteiger partial charge in [0.25, 0.3) is 0 Å². The molecule has 5 heteroatoms. The molecule has 104 valence electrons. The van der Waals surface area contributed by atoms with Crippen LogP contribution >= 0.6 is 11.6 Å². The first-order valence-electron chi connectivity index (χ1n) is 6.29. The molecule has 0 spiro atoms. The van der Waals surface area contributed by atoms with Crippen LogP contribution in [0.15, 0.2) is 18.2 Å². The third kappa shape index (κ3) is 3.45. The molecule has 0 bridgehead atoms. The Morgan fingerprint density at radius 3 is 2.68 bits per heavy atom. The highest BCUT2D eigenvalue weighted by Gasteiger charge is 2.34. The van der Waals surface area contributed by atoms with E-state index in [1.807, 2.05) is 13.0 Å². The second-order valence-electron chi connectivity index (χ2n) is 5.07. The van der Waals surface area contributed by atoms with E-state index in [0.717, 1.165) is 11.1 Å². The van der Waals surface area contributed by atoms with Crippen molar-refractivity contribution in [3.05, 3.63) is 35.1 Å². The maximum absolute atomic E-state index is 13.4. The summed E-state index contributed by atoms with van der Waals surface area (Å²) in [6.45, 7) is 2.15. The van der Waals surface area contributed by atoms with Crippen LogP contribution in [-0.4, -0.2) is 33.9 Å². The zero-order chi connectivity index (χ0) is 14.0. The Labute approximate surface area is 117 Å². The third-order valence-corrected chi connectivity index (χ3v) is 3.65. The lowest BCUT2D eigenvalue weighted by Crippen LogP contribution is -2.49. The number of hydrogen-bond donors (Lipinski definition) is 1. The summed E-state index contributed by atoms with van der Waals surface area (Å²) in [7, 11) is 0. The van der Waals surface area contributed by atoms with E-state index in [1.165, 1.54) is 12.1 Å². The number of aliphatic hydroxyl groups is 1. The van der Waals surface area contributed by atoms with E-state index in [-0.39, 0.29) is 29.8 Å². The lowest BCUT2D eigenvalue weighted by molar-refractivity contribution is -0.136. The highest BCUT2D eigenvalue weighted by atomic mass is 35.5. The Kier molecular flexibility index (Phi) is 4.42. The number of benzene rings is 1. The Morgan fingerprint density at radius 1 is 1.47 bits per heavy atom. The number of rotatable bonds is 4. The van der Waals surface area contributed by atoms with E-state index in [4.69, 9.17) is 11.6 Å². The van der Waals surface area contributed by atoms with Crippen molar-refractivity contribution < 1.29 is 14.3 Å². The highest BCUT2D eigenvalue weighted by Crippen LogP contribution is 2.27. The first kappa shape index (κ1) is 14.3. The maximum atomic E-state index is 13.4. The van der Waals surface area contributed by atoms with E-state index in [0.29, 0.717) is 19.4 Å². The summed E-state index contributed by atoms with van der Waals surface area (Å²) in [5, 5.41) is 9.35. The molecule has 1 amide bonds. The largest absolute Gasteiger partial charge is 0.393 e. The van der Waals surface area contributed by atoms with Crippen molar-refractivity contribution in [3.8, 4) is 0 Å². The van der Waals surface area contributed by atoms with Crippen LogP contribution in [0.1, 0.15) is 24.0 Å². The van der Waals surface area contributed by atoms with Crippen LogP contribution in [0.2, 0.25) is 0 Å². The van der Waals surface area contributed by atoms with Gasteiger partial charge in [0.2, 0.25) is 5.91 Å². The smallest absolute Gasteiger partial charge is 0.238 e. The Bertz CT molecular complexity index is 454. The molecule has 2 rings (SSSR count). The van der Waals surface area contributed by atoms with E-state index in [1.54, 1.807) is 4.90 Å². The summed E-state index contributed by atoms with van der Waals surface area (Å²) in [6.07, 6.45) is 0.790. The summed E-state index contributed by atoms with van der Waals surface area (Å²) in [4.78, 5) is 13.5. The van der Waals surface area contributed by atoms with Crippen LogP contribution in [0.25, 0.3) is 0 Å². The van der Waals surface area contributed by atoms with E-state index < -0.39 is 0 Å². The predicted octanol–water partition coefficient (Wildman–Crippen LogP) is 2.22. The fourth-order valence-corrected chi connectivity index (χ4v) is 2.56. The molecule has 0 aliphatic heterocycles. The predicted molar refractivity (Wildman–Crippen MR) is 71.4 cm³/mol. The Hall–Kier alpha value is -1.13. The lowest BCUT2D eigenvalue weighted by Gasteiger charge is -2.40. The van der Waals surface area contributed by atoms with Crippen molar-refractivity contribution >= 4 is 17.5 Å². The fraction of sp³-hybridized carbons (Fsp3) is 0.500. The fourth-order valence-electron chi connectivity index (χ4n) is 2.41. The van der Waals surface area contributed by atoms with E-state index >= 15 is 0 Å². The maximum Gasteiger partial charge on any atom is 0.238 e. The van der Waals surface area contributed by atoms with Gasteiger partial charge in [-0.3, -0.25) is 4.79 Å². The Morgan fingerprint density at radius 2 is 2.16 bits per heavy atom. The average molecular weight is 286 g/mol. The van der Waals surface area contributed by atoms with Crippen molar-refractivity contribution in [1.29, 1.82) is 0 Å². The van der Waals surface area contributed by atoms with Gasteiger partial charge in [-0.05, 0) is 43.0 Å². The monoisotopic (exact) mass is 285 g/mol. The standard InChI is InChI=1S/C14H17ClFNO2/c1-9-2-10(4-11(16)3-9)8-17(14(19)7-15)12-5-13(18)6-12/h2-4,12-13,18H,5-8H2,1H3. The van der Waals surface area contributed by atoms with Crippen LogP contribution in [0.3, 0.4) is 0 Å². The summed E-state index contributed by atoms with van der Waals surface area (Å²) in [6, 6.07) is 4.73. The molecule has 1 aromatic rings. The quantitative estimate of drug-likeness (QED) is 0.862. The highest BCUT2D eigenvalue weighted by molar-refractivity contribution is 6.27. The molecule has 1 saturated carbocycles. The van der Waals surface area contributed by atoms with Crippen molar-refractivity contribution in [1.82, 2.24) is 4.90 Å². The van der Waals surface area contributed by atoms with Crippen LogP contribution in [-0.2, 0) is 11.3 Å². The molecule has 0 radical (unpaired) electrons. The molecule has 1 aromatic carbocycles. The lowest BCUT2D eigenvalue weighted by atomic mass is 9.87. The molecule has 0 saturated heterocycles. The first-order valence-corrected chi connectivity index (χ1v) is 6.82. The van der Waals surface area contributed by atoms with Gasteiger partial charge in [-0.15, -0.1) is 11.6 Å². The van der Waals surface area contributed by atoms with Crippen LogP contribution in [0, 0.1) is 12.7 Å². The van der Waals surface area contributed by atoms with Gasteiger partial charge in [0.15, 0.2) is 0 Å². The van der Waals surface area contributed by atoms with Gasteiger partial charge in [0.05, 0.1) is 6.10 Å². The minimum Gasteiger partial charge on any atom is -0.393 e. The van der Waals surface area contributed by atoms with Gasteiger partial charge in [-0.25, -0.2) is 4.39 Å². The SMILES string of the molecule is Cc1cc(F)cc(CN(C(=O)CCl)C2CC(O)C2)c1. The van der Waals surface area contributed by atoms with Gasteiger partial charge in [-0.2, -0.15) is 0 Å². The van der Waals surface area contributed by atoms with Crippen LogP contribution in [0.4, 0.5) is 4.39 Å². The van der Waals surface area contributed by atoms with Gasteiger partial charge >= 0.3 is 0 Å². The molecular weight excluding hydrogens is 269 g/mol. The summed E-state index contributed by atoms with van der Waals surface area (Å²) >= 11 is 5.61. The third-order valence-electron chi connectivity index (χ3n) is 3.42. The number of halogens is 2. The second-order valence-corrected chi connectivity index (χ2v) is 5.34. The van der Waals surface area contributed by atoms with Crippen molar-refractivity contribution in [3.63, 3.8) is 0 Å². The zero-order valence-corrected chi connectivity index (χ0v) is 11.5. The van der Waals surface area contributed by atoms with Gasteiger partial charge < -0.3 is 10.0 Å². The minimum absolute atomic E-state index is 0.00447. The molecule has 0 atom stereocenters. The molecular formula is C14H17ClFNO2. The number of alkyl halides is 1. The number of carbonyl (C=O) groups is 1. The van der Waals surface area contributed by atoms with Crippen LogP contribution in [0.5, 0.6) is 0 Å². The minimum atomic E-state index is -0.343. The van der Waals surface area contributed by atoms with Crippen molar-refractivity contribution in [2.24, 2.45) is 0 Å². The molecule has 1 N–H and O–H groups in total. The summed E-state index contributed by atoms with van der Waals surface area (Å²) in [5.41, 5.74) is 1.57. The van der Waals surface area contributed by atoms with Gasteiger partial charge in [-0.1, -0.05) is 6.07 Å². The topological polar surface area (TPSA) is 40.5 Å². The van der Waals surface area contributed by atoms with E-state index in [2.05, 4.69) is 0 Å². The van der Waals surface area contributed by atoms with E-state index in [9.17, 15) is 14.3 Å². The molecule has 0 heterocycles. The molecule has 3 nitrogen and oxygen atoms in total. The zero-order valence-electron chi connectivity index (χ0n) is 10.8. The molecule has 0 aromatic heterocycles. The first-order chi connectivity index (χ1) is 8.99. The number of aliphatic hydroxyl groups excluding tert-OH is 1. The van der Waals surface area contributed by atoms with Crippen molar-refractivity contribution in [2.45, 2.75) is 38.5 Å². The summed E-state index contributed by atoms with van der Waals surface area (Å²) in [5.74, 6) is -0.580. The number of hydrogen-bond acceptors (Lipinski definition) is 2. The molecule has 19 heavy (non-hydrogen) atoms. The number of aryl methyl sites for hydroxylation is 1. The average Bonchev–Trinajstić information content (AvgIpc) is 2.30. The number of carbonyl (C=O) groups excluding carboxylic acids is 1. The number of amides is 1. The molecule has 1 fully saturated rings. The van der Waals surface area contributed by atoms with Gasteiger partial charge in [0.1, 0.15) is 11.7 Å². The number of nitrogens with zero attached hydrogens (tertiary/aromatic N) is 1. The molecule has 1 aliphatic carbocycles. The molecule has 0 unspecified atom stereocenters. The second kappa shape index (κ2) is 5.88. The van der Waals surface area contributed by atoms with Crippen molar-refractivity contribution in [2.75, 3.05) is 5.88 Å².